The minimum absolute atomic E-state index is 0.197. The number of nitrogens with one attached hydrogen (secondary N) is 2. The summed E-state index contributed by atoms with van der Waals surface area (Å²) in [7, 11) is -3.30. The molecule has 3 rings (SSSR count). The Hall–Kier alpha value is -2.20. The van der Waals surface area contributed by atoms with Crippen LogP contribution in [-0.4, -0.2) is 62.6 Å². The number of para-hydroxylation sites is 1. The molecule has 2 saturated heterocycles. The lowest BCUT2D eigenvalue weighted by molar-refractivity contribution is -0.118. The molecule has 0 saturated carbocycles. The van der Waals surface area contributed by atoms with Crippen LogP contribution in [0.3, 0.4) is 0 Å². The zero-order valence-corrected chi connectivity index (χ0v) is 15.8. The van der Waals surface area contributed by atoms with Crippen LogP contribution in [0.1, 0.15) is 19.3 Å². The van der Waals surface area contributed by atoms with Gasteiger partial charge in [0.25, 0.3) is 0 Å². The molecule has 0 aromatic heterocycles. The molecular formula is C17H23FN4O4S. The van der Waals surface area contributed by atoms with Gasteiger partial charge in [0.15, 0.2) is 0 Å². The van der Waals surface area contributed by atoms with E-state index in [-0.39, 0.29) is 24.2 Å². The number of anilines is 1. The minimum atomic E-state index is -3.30. The largest absolute Gasteiger partial charge is 0.334 e. The van der Waals surface area contributed by atoms with E-state index in [9.17, 15) is 22.4 Å². The van der Waals surface area contributed by atoms with Crippen molar-refractivity contribution in [1.29, 1.82) is 0 Å². The summed E-state index contributed by atoms with van der Waals surface area (Å²) in [5.74, 6) is -0.851. The second-order valence-electron chi connectivity index (χ2n) is 6.86. The Balaban J connectivity index is 1.56. The minimum Gasteiger partial charge on any atom is -0.334 e. The van der Waals surface area contributed by atoms with Gasteiger partial charge in [-0.15, -0.1) is 0 Å². The molecule has 2 aliphatic heterocycles. The zero-order chi connectivity index (χ0) is 19.6. The first kappa shape index (κ1) is 19.6. The van der Waals surface area contributed by atoms with E-state index in [2.05, 4.69) is 10.6 Å². The van der Waals surface area contributed by atoms with E-state index in [0.717, 1.165) is 6.26 Å². The van der Waals surface area contributed by atoms with E-state index in [0.29, 0.717) is 32.4 Å². The number of amides is 3. The first-order valence-electron chi connectivity index (χ1n) is 8.84. The number of hydrogen-bond acceptors (Lipinski definition) is 4. The van der Waals surface area contributed by atoms with Gasteiger partial charge in [0, 0.05) is 25.7 Å². The van der Waals surface area contributed by atoms with Gasteiger partial charge in [0.2, 0.25) is 15.9 Å². The molecule has 148 valence electrons. The lowest BCUT2D eigenvalue weighted by atomic mass is 10.1. The molecule has 2 atom stereocenters. The maximum Gasteiger partial charge on any atom is 0.315 e. The van der Waals surface area contributed by atoms with Crippen molar-refractivity contribution < 1.29 is 22.4 Å². The SMILES string of the molecule is CS(=O)(=O)N1CCCC(NC(=O)NC2CCN(c3ccccc3F)C2=O)C1. The third-order valence-electron chi connectivity index (χ3n) is 4.84. The van der Waals surface area contributed by atoms with Crippen molar-refractivity contribution >= 4 is 27.6 Å². The number of nitrogens with zero attached hydrogens (tertiary/aromatic N) is 2. The smallest absolute Gasteiger partial charge is 0.315 e. The van der Waals surface area contributed by atoms with E-state index >= 15 is 0 Å². The number of halogens is 1. The summed E-state index contributed by atoms with van der Waals surface area (Å²) in [6.07, 6.45) is 2.84. The van der Waals surface area contributed by atoms with Crippen LogP contribution in [0.5, 0.6) is 0 Å². The number of carbonyl (C=O) groups excluding carboxylic acids is 2. The maximum atomic E-state index is 13.9. The second kappa shape index (κ2) is 7.81. The van der Waals surface area contributed by atoms with E-state index < -0.39 is 27.9 Å². The highest BCUT2D eigenvalue weighted by molar-refractivity contribution is 7.88. The average molecular weight is 398 g/mol. The standard InChI is InChI=1S/C17H23FN4O4S/c1-27(25,26)21-9-4-5-12(11-21)19-17(24)20-14-8-10-22(16(14)23)15-7-3-2-6-13(15)18/h2-3,6-7,12,14H,4-5,8-11H2,1H3,(H2,19,20,24). The summed E-state index contributed by atoms with van der Waals surface area (Å²) in [5.41, 5.74) is 0.197. The Morgan fingerprint density at radius 2 is 1.93 bits per heavy atom. The molecule has 0 radical (unpaired) electrons. The van der Waals surface area contributed by atoms with Gasteiger partial charge in [-0.2, -0.15) is 0 Å². The Bertz CT molecular complexity index is 832. The molecule has 2 N–H and O–H groups in total. The predicted molar refractivity (Wildman–Crippen MR) is 98.3 cm³/mol. The molecule has 1 aromatic rings. The van der Waals surface area contributed by atoms with Crippen LogP contribution in [0.4, 0.5) is 14.9 Å². The van der Waals surface area contributed by atoms with E-state index in [1.54, 1.807) is 12.1 Å². The lowest BCUT2D eigenvalue weighted by Gasteiger charge is -2.31. The molecule has 2 aliphatic rings. The molecule has 8 nitrogen and oxygen atoms in total. The van der Waals surface area contributed by atoms with Crippen LogP contribution in [0.25, 0.3) is 0 Å². The molecular weight excluding hydrogens is 375 g/mol. The highest BCUT2D eigenvalue weighted by Crippen LogP contribution is 2.24. The van der Waals surface area contributed by atoms with Gasteiger partial charge in [-0.25, -0.2) is 21.9 Å². The maximum absolute atomic E-state index is 13.9. The van der Waals surface area contributed by atoms with E-state index in [1.165, 1.54) is 21.3 Å². The van der Waals surface area contributed by atoms with Crippen molar-refractivity contribution in [2.45, 2.75) is 31.3 Å². The summed E-state index contributed by atoms with van der Waals surface area (Å²) in [4.78, 5) is 26.1. The van der Waals surface area contributed by atoms with Gasteiger partial charge < -0.3 is 15.5 Å². The topological polar surface area (TPSA) is 98.8 Å². The Kier molecular flexibility index (Phi) is 5.66. The molecule has 10 heteroatoms. The number of benzene rings is 1. The Morgan fingerprint density at radius 1 is 1.19 bits per heavy atom. The first-order valence-corrected chi connectivity index (χ1v) is 10.7. The Morgan fingerprint density at radius 3 is 2.63 bits per heavy atom. The monoisotopic (exact) mass is 398 g/mol. The highest BCUT2D eigenvalue weighted by atomic mass is 32.2. The summed E-state index contributed by atoms with van der Waals surface area (Å²) >= 11 is 0. The van der Waals surface area contributed by atoms with Crippen LogP contribution in [0.15, 0.2) is 24.3 Å². The summed E-state index contributed by atoms with van der Waals surface area (Å²) in [6, 6.07) is 4.43. The third-order valence-corrected chi connectivity index (χ3v) is 6.11. The quantitative estimate of drug-likeness (QED) is 0.778. The van der Waals surface area contributed by atoms with Crippen LogP contribution < -0.4 is 15.5 Å². The van der Waals surface area contributed by atoms with Crippen molar-refractivity contribution in [3.8, 4) is 0 Å². The fourth-order valence-electron chi connectivity index (χ4n) is 3.47. The second-order valence-corrected chi connectivity index (χ2v) is 8.84. The van der Waals surface area contributed by atoms with Gasteiger partial charge in [-0.05, 0) is 31.4 Å². The normalized spacial score (nSPS) is 24.1. The first-order chi connectivity index (χ1) is 12.8. The molecule has 0 bridgehead atoms. The van der Waals surface area contributed by atoms with Crippen LogP contribution in [0, 0.1) is 5.82 Å². The van der Waals surface area contributed by atoms with Crippen LogP contribution >= 0.6 is 0 Å². The zero-order valence-electron chi connectivity index (χ0n) is 15.0. The molecule has 2 fully saturated rings. The van der Waals surface area contributed by atoms with Gasteiger partial charge in [-0.3, -0.25) is 4.79 Å². The van der Waals surface area contributed by atoms with Gasteiger partial charge >= 0.3 is 6.03 Å². The molecule has 2 unspecified atom stereocenters. The third kappa shape index (κ3) is 4.56. The van der Waals surface area contributed by atoms with Gasteiger partial charge in [-0.1, -0.05) is 12.1 Å². The molecule has 2 heterocycles. The summed E-state index contributed by atoms with van der Waals surface area (Å²) < 4.78 is 38.5. The van der Waals surface area contributed by atoms with Crippen molar-refractivity contribution in [2.24, 2.45) is 0 Å². The summed E-state index contributed by atoms with van der Waals surface area (Å²) in [6.45, 7) is 0.972. The van der Waals surface area contributed by atoms with Gasteiger partial charge in [0.1, 0.15) is 11.9 Å². The molecule has 0 spiro atoms. The van der Waals surface area contributed by atoms with Crippen molar-refractivity contribution in [3.63, 3.8) is 0 Å². The van der Waals surface area contributed by atoms with Crippen LogP contribution in [0.2, 0.25) is 0 Å². The Labute approximate surface area is 157 Å². The van der Waals surface area contributed by atoms with Crippen molar-refractivity contribution in [2.75, 3.05) is 30.8 Å². The van der Waals surface area contributed by atoms with Crippen molar-refractivity contribution in [1.82, 2.24) is 14.9 Å². The number of hydrogen-bond donors (Lipinski definition) is 2. The number of piperidine rings is 1. The predicted octanol–water partition coefficient (Wildman–Crippen LogP) is 0.654. The van der Waals surface area contributed by atoms with Gasteiger partial charge in [0.05, 0.1) is 11.9 Å². The number of urea groups is 1. The fraction of sp³-hybridized carbons (Fsp3) is 0.529. The highest BCUT2D eigenvalue weighted by Gasteiger charge is 2.35. The van der Waals surface area contributed by atoms with Crippen molar-refractivity contribution in [3.05, 3.63) is 30.1 Å². The average Bonchev–Trinajstić information content (AvgIpc) is 2.95. The molecule has 3 amide bonds. The van der Waals surface area contributed by atoms with Crippen LogP contribution in [-0.2, 0) is 14.8 Å². The summed E-state index contributed by atoms with van der Waals surface area (Å²) in [5, 5.41) is 5.35. The molecule has 0 aliphatic carbocycles. The number of carbonyl (C=O) groups is 2. The fourth-order valence-corrected chi connectivity index (χ4v) is 4.38. The lowest BCUT2D eigenvalue weighted by Crippen LogP contribution is -2.54. The number of sulfonamides is 1. The number of rotatable bonds is 4. The molecule has 1 aromatic carbocycles. The van der Waals surface area contributed by atoms with E-state index in [1.807, 2.05) is 0 Å². The molecule has 27 heavy (non-hydrogen) atoms. The van der Waals surface area contributed by atoms with E-state index in [4.69, 9.17) is 0 Å².